The number of carbonyl (C=O) groups excluding carboxylic acids is 1. The van der Waals surface area contributed by atoms with E-state index in [2.05, 4.69) is 28.0 Å². The van der Waals surface area contributed by atoms with Crippen molar-refractivity contribution in [3.8, 4) is 5.75 Å². The lowest BCUT2D eigenvalue weighted by Crippen LogP contribution is -2.49. The van der Waals surface area contributed by atoms with Crippen LogP contribution in [0.1, 0.15) is 11.1 Å². The van der Waals surface area contributed by atoms with Crippen molar-refractivity contribution in [2.45, 2.75) is 24.3 Å². The highest BCUT2D eigenvalue weighted by molar-refractivity contribution is 7.89. The molecule has 0 bridgehead atoms. The SMILES string of the molecule is Cc1ccc(S(=O)(=O)N[C@@H](Cc2ccc(OCC(=O)O)cc2)C(=O)NCCNCCS)cc1. The minimum atomic E-state index is -3.93. The van der Waals surface area contributed by atoms with E-state index in [1.165, 1.54) is 12.1 Å². The maximum absolute atomic E-state index is 12.9. The topological polar surface area (TPSA) is 134 Å². The van der Waals surface area contributed by atoms with Gasteiger partial charge in [0.05, 0.1) is 4.90 Å². The van der Waals surface area contributed by atoms with Crippen LogP contribution in [0.15, 0.2) is 53.4 Å². The molecule has 1 atom stereocenters. The molecule has 0 radical (unpaired) electrons. The average molecular weight is 496 g/mol. The van der Waals surface area contributed by atoms with Crippen LogP contribution in [0.3, 0.4) is 0 Å². The Bertz CT molecular complexity index is 1010. The third kappa shape index (κ3) is 9.42. The number of sulfonamides is 1. The van der Waals surface area contributed by atoms with Crippen molar-refractivity contribution in [3.05, 3.63) is 59.7 Å². The van der Waals surface area contributed by atoms with Crippen LogP contribution in [0.2, 0.25) is 0 Å². The molecule has 0 saturated carbocycles. The molecule has 180 valence electrons. The second-order valence-electron chi connectivity index (χ2n) is 7.28. The summed E-state index contributed by atoms with van der Waals surface area (Å²) in [5.74, 6) is -0.522. The quantitative estimate of drug-likeness (QED) is 0.195. The Hall–Kier alpha value is -2.60. The minimum Gasteiger partial charge on any atom is -0.482 e. The normalized spacial score (nSPS) is 12.2. The third-order valence-corrected chi connectivity index (χ3v) is 6.27. The Morgan fingerprint density at radius 3 is 2.30 bits per heavy atom. The molecule has 0 aliphatic rings. The van der Waals surface area contributed by atoms with E-state index in [1.54, 1.807) is 36.4 Å². The number of rotatable bonds is 14. The van der Waals surface area contributed by atoms with Crippen molar-refractivity contribution in [3.63, 3.8) is 0 Å². The first-order valence-corrected chi connectivity index (χ1v) is 12.4. The standard InChI is InChI=1S/C22H29N3O6S2/c1-16-2-8-19(9-3-16)33(29,30)25-20(22(28)24-11-10-23-12-13-32)14-17-4-6-18(7-5-17)31-15-21(26)27/h2-9,20,23,25,32H,10-15H2,1H3,(H,24,28)(H,26,27)/t20-/m0/s1. The molecular weight excluding hydrogens is 466 g/mol. The largest absolute Gasteiger partial charge is 0.482 e. The van der Waals surface area contributed by atoms with E-state index < -0.39 is 34.5 Å². The van der Waals surface area contributed by atoms with E-state index in [0.29, 0.717) is 36.7 Å². The van der Waals surface area contributed by atoms with Crippen LogP contribution in [-0.4, -0.2) is 63.4 Å². The molecule has 0 aromatic heterocycles. The van der Waals surface area contributed by atoms with Crippen molar-refractivity contribution in [1.82, 2.24) is 15.4 Å². The summed E-state index contributed by atoms with van der Waals surface area (Å²) >= 11 is 4.11. The molecule has 9 nitrogen and oxygen atoms in total. The zero-order chi connectivity index (χ0) is 24.3. The number of carbonyl (C=O) groups is 2. The van der Waals surface area contributed by atoms with Crippen molar-refractivity contribution in [2.24, 2.45) is 0 Å². The van der Waals surface area contributed by atoms with Gasteiger partial charge in [-0.15, -0.1) is 0 Å². The molecule has 11 heteroatoms. The second kappa shape index (κ2) is 13.2. The highest BCUT2D eigenvalue weighted by atomic mass is 32.2. The van der Waals surface area contributed by atoms with Gasteiger partial charge >= 0.3 is 5.97 Å². The van der Waals surface area contributed by atoms with Crippen molar-refractivity contribution in [1.29, 1.82) is 0 Å². The van der Waals surface area contributed by atoms with E-state index in [-0.39, 0.29) is 11.3 Å². The van der Waals surface area contributed by atoms with Crippen LogP contribution >= 0.6 is 12.6 Å². The Balaban J connectivity index is 2.13. The molecule has 0 unspecified atom stereocenters. The second-order valence-corrected chi connectivity index (χ2v) is 9.44. The van der Waals surface area contributed by atoms with E-state index in [9.17, 15) is 18.0 Å². The van der Waals surface area contributed by atoms with Crippen molar-refractivity contribution in [2.75, 3.05) is 32.0 Å². The molecule has 0 saturated heterocycles. The van der Waals surface area contributed by atoms with Crippen LogP contribution in [0.25, 0.3) is 0 Å². The molecule has 0 aliphatic carbocycles. The van der Waals surface area contributed by atoms with E-state index in [1.807, 2.05) is 6.92 Å². The summed E-state index contributed by atoms with van der Waals surface area (Å²) in [6.45, 7) is 2.93. The van der Waals surface area contributed by atoms with E-state index >= 15 is 0 Å². The molecule has 4 N–H and O–H groups in total. The molecule has 33 heavy (non-hydrogen) atoms. The van der Waals surface area contributed by atoms with Gasteiger partial charge in [0.15, 0.2) is 6.61 Å². The van der Waals surface area contributed by atoms with Gasteiger partial charge in [0, 0.05) is 25.4 Å². The molecule has 0 aliphatic heterocycles. The summed E-state index contributed by atoms with van der Waals surface area (Å²) < 4.78 is 33.4. The fourth-order valence-corrected chi connectivity index (χ4v) is 4.22. The monoisotopic (exact) mass is 495 g/mol. The number of hydrogen-bond acceptors (Lipinski definition) is 7. The number of thiol groups is 1. The first-order valence-electron chi connectivity index (χ1n) is 10.3. The Labute approximate surface area is 199 Å². The lowest BCUT2D eigenvalue weighted by Gasteiger charge is -2.19. The van der Waals surface area contributed by atoms with Gasteiger partial charge in [-0.2, -0.15) is 17.4 Å². The van der Waals surface area contributed by atoms with Gasteiger partial charge in [-0.05, 0) is 43.2 Å². The van der Waals surface area contributed by atoms with Crippen molar-refractivity contribution >= 4 is 34.5 Å². The van der Waals surface area contributed by atoms with E-state index in [0.717, 1.165) is 5.56 Å². The first-order chi connectivity index (χ1) is 15.7. The molecule has 0 fully saturated rings. The van der Waals surface area contributed by atoms with Gasteiger partial charge in [-0.3, -0.25) is 4.79 Å². The molecular formula is C22H29N3O6S2. The smallest absolute Gasteiger partial charge is 0.341 e. The number of benzene rings is 2. The highest BCUT2D eigenvalue weighted by Gasteiger charge is 2.26. The fourth-order valence-electron chi connectivity index (χ4n) is 2.86. The van der Waals surface area contributed by atoms with Crippen molar-refractivity contribution < 1.29 is 27.9 Å². The van der Waals surface area contributed by atoms with E-state index in [4.69, 9.17) is 9.84 Å². The number of aryl methyl sites for hydroxylation is 1. The summed E-state index contributed by atoms with van der Waals surface area (Å²) in [7, 11) is -3.93. The first kappa shape index (κ1) is 26.7. The predicted molar refractivity (Wildman–Crippen MR) is 128 cm³/mol. The minimum absolute atomic E-state index is 0.0683. The number of nitrogens with one attached hydrogen (secondary N) is 3. The fraction of sp³-hybridized carbons (Fsp3) is 0.364. The van der Waals surface area contributed by atoms with Crippen LogP contribution < -0.4 is 20.1 Å². The number of carboxylic acids is 1. The summed E-state index contributed by atoms with van der Waals surface area (Å²) in [6, 6.07) is 11.8. The molecule has 0 heterocycles. The van der Waals surface area contributed by atoms with Gasteiger partial charge in [-0.25, -0.2) is 13.2 Å². The number of ether oxygens (including phenoxy) is 1. The van der Waals surface area contributed by atoms with Gasteiger partial charge < -0.3 is 20.5 Å². The van der Waals surface area contributed by atoms with Gasteiger partial charge in [0.25, 0.3) is 0 Å². The number of hydrogen-bond donors (Lipinski definition) is 5. The van der Waals surface area contributed by atoms with Crippen LogP contribution in [0.5, 0.6) is 5.75 Å². The number of amides is 1. The Morgan fingerprint density at radius 2 is 1.70 bits per heavy atom. The lowest BCUT2D eigenvalue weighted by molar-refractivity contribution is -0.139. The third-order valence-electron chi connectivity index (χ3n) is 4.56. The Morgan fingerprint density at radius 1 is 1.03 bits per heavy atom. The number of aliphatic carboxylic acids is 1. The van der Waals surface area contributed by atoms with Crippen LogP contribution in [-0.2, 0) is 26.0 Å². The molecule has 1 amide bonds. The summed E-state index contributed by atoms with van der Waals surface area (Å²) in [5, 5.41) is 14.5. The van der Waals surface area contributed by atoms with Gasteiger partial charge in [0.1, 0.15) is 11.8 Å². The van der Waals surface area contributed by atoms with Gasteiger partial charge in [0.2, 0.25) is 15.9 Å². The molecule has 2 aromatic carbocycles. The van der Waals surface area contributed by atoms with Crippen LogP contribution in [0.4, 0.5) is 0 Å². The zero-order valence-corrected chi connectivity index (χ0v) is 20.0. The maximum Gasteiger partial charge on any atom is 0.341 e. The zero-order valence-electron chi connectivity index (χ0n) is 18.3. The summed E-state index contributed by atoms with van der Waals surface area (Å²) in [5.41, 5.74) is 1.60. The lowest BCUT2D eigenvalue weighted by atomic mass is 10.1. The maximum atomic E-state index is 12.9. The molecule has 2 aromatic rings. The Kier molecular flexibility index (Phi) is 10.7. The summed E-state index contributed by atoms with van der Waals surface area (Å²) in [4.78, 5) is 23.5. The summed E-state index contributed by atoms with van der Waals surface area (Å²) in [6.07, 6.45) is 0.0974. The molecule has 0 spiro atoms. The molecule has 2 rings (SSSR count). The highest BCUT2D eigenvalue weighted by Crippen LogP contribution is 2.16. The number of carboxylic acid groups (broad SMARTS) is 1. The average Bonchev–Trinajstić information content (AvgIpc) is 2.78. The van der Waals surface area contributed by atoms with Crippen LogP contribution in [0, 0.1) is 6.92 Å². The predicted octanol–water partition coefficient (Wildman–Crippen LogP) is 0.984. The van der Waals surface area contributed by atoms with Gasteiger partial charge in [-0.1, -0.05) is 29.8 Å².